The molecule has 0 aliphatic rings. The van der Waals surface area contributed by atoms with E-state index < -0.39 is 40.8 Å². The van der Waals surface area contributed by atoms with Crippen LogP contribution in [0.15, 0.2) is 42.7 Å². The van der Waals surface area contributed by atoms with Crippen molar-refractivity contribution in [3.05, 3.63) is 65.5 Å². The van der Waals surface area contributed by atoms with Gasteiger partial charge in [0, 0.05) is 5.69 Å². The van der Waals surface area contributed by atoms with E-state index in [4.69, 9.17) is 6.57 Å². The van der Waals surface area contributed by atoms with E-state index in [0.29, 0.717) is 11.6 Å². The molecule has 1 aromatic heterocycles. The Bertz CT molecular complexity index is 1160. The Labute approximate surface area is 168 Å². The first kappa shape index (κ1) is 21.3. The molecule has 2 N–H and O–H groups in total. The standard InChI is InChI=1S/C20H16F4N4O2/c1-11(28-10-26-16-6-4-5-14(21)17(16)28)19(2,30)18(29)27-12-7-8-15(25-3)13(9-12)20(22,23)24/h4-11,30H,1-2H3,(H,27,29)/t11?,19-/m0/s1. The van der Waals surface area contributed by atoms with E-state index in [0.717, 1.165) is 19.1 Å². The highest BCUT2D eigenvalue weighted by molar-refractivity contribution is 5.97. The van der Waals surface area contributed by atoms with Gasteiger partial charge in [-0.3, -0.25) is 4.79 Å². The molecule has 0 saturated heterocycles. The van der Waals surface area contributed by atoms with Crippen molar-refractivity contribution in [2.45, 2.75) is 31.7 Å². The minimum absolute atomic E-state index is 0.0823. The van der Waals surface area contributed by atoms with Crippen LogP contribution in [0.4, 0.5) is 28.9 Å². The fraction of sp³-hybridized carbons (Fsp3) is 0.250. The van der Waals surface area contributed by atoms with E-state index in [1.807, 2.05) is 0 Å². The molecule has 1 heterocycles. The summed E-state index contributed by atoms with van der Waals surface area (Å²) in [6.07, 6.45) is -3.52. The normalized spacial score (nSPS) is 14.7. The van der Waals surface area contributed by atoms with E-state index in [9.17, 15) is 27.5 Å². The highest BCUT2D eigenvalue weighted by Crippen LogP contribution is 2.38. The van der Waals surface area contributed by atoms with Crippen LogP contribution in [-0.4, -0.2) is 26.2 Å². The number of hydrogen-bond donors (Lipinski definition) is 2. The van der Waals surface area contributed by atoms with Crippen LogP contribution in [0.2, 0.25) is 0 Å². The van der Waals surface area contributed by atoms with Gasteiger partial charge in [-0.2, -0.15) is 13.2 Å². The number of amides is 1. The number of halogens is 4. The molecule has 1 unspecified atom stereocenters. The SMILES string of the molecule is [C-]#[N+]c1ccc(NC(=O)[C@@](C)(O)C(C)n2cnc3cccc(F)c32)cc1C(F)(F)F. The van der Waals surface area contributed by atoms with Crippen LogP contribution in [0, 0.1) is 12.4 Å². The lowest BCUT2D eigenvalue weighted by Gasteiger charge is -2.30. The number of nitrogens with one attached hydrogen (secondary N) is 1. The van der Waals surface area contributed by atoms with E-state index in [1.54, 1.807) is 6.07 Å². The molecular weight excluding hydrogens is 404 g/mol. The Morgan fingerprint density at radius 2 is 2.00 bits per heavy atom. The van der Waals surface area contributed by atoms with Crippen molar-refractivity contribution >= 4 is 28.3 Å². The zero-order chi connectivity index (χ0) is 22.3. The first-order valence-corrected chi connectivity index (χ1v) is 8.70. The van der Waals surface area contributed by atoms with Crippen LogP contribution in [0.1, 0.15) is 25.5 Å². The van der Waals surface area contributed by atoms with Gasteiger partial charge < -0.3 is 15.0 Å². The third-order valence-electron chi connectivity index (χ3n) is 4.92. The highest BCUT2D eigenvalue weighted by Gasteiger charge is 2.39. The number of alkyl halides is 3. The van der Waals surface area contributed by atoms with Crippen molar-refractivity contribution in [1.29, 1.82) is 0 Å². The Morgan fingerprint density at radius 1 is 1.30 bits per heavy atom. The number of para-hydroxylation sites is 1. The number of aliphatic hydroxyl groups is 1. The summed E-state index contributed by atoms with van der Waals surface area (Å²) in [7, 11) is 0. The van der Waals surface area contributed by atoms with E-state index in [2.05, 4.69) is 15.1 Å². The topological polar surface area (TPSA) is 71.5 Å². The molecule has 0 aliphatic heterocycles. The highest BCUT2D eigenvalue weighted by atomic mass is 19.4. The third kappa shape index (κ3) is 3.71. The van der Waals surface area contributed by atoms with E-state index in [-0.39, 0.29) is 11.2 Å². The van der Waals surface area contributed by atoms with Crippen molar-refractivity contribution in [2.24, 2.45) is 0 Å². The number of anilines is 1. The van der Waals surface area contributed by atoms with Gasteiger partial charge in [0.2, 0.25) is 0 Å². The molecule has 6 nitrogen and oxygen atoms in total. The lowest BCUT2D eigenvalue weighted by molar-refractivity contribution is -0.137. The lowest BCUT2D eigenvalue weighted by Crippen LogP contribution is -2.46. The summed E-state index contributed by atoms with van der Waals surface area (Å²) in [5.41, 5.74) is -3.78. The number of rotatable bonds is 4. The monoisotopic (exact) mass is 420 g/mol. The van der Waals surface area contributed by atoms with Crippen LogP contribution < -0.4 is 5.32 Å². The number of hydrogen-bond acceptors (Lipinski definition) is 3. The fourth-order valence-electron chi connectivity index (χ4n) is 3.00. The fourth-order valence-corrected chi connectivity index (χ4v) is 3.00. The zero-order valence-electron chi connectivity index (χ0n) is 15.8. The molecule has 10 heteroatoms. The molecule has 3 rings (SSSR count). The molecule has 156 valence electrons. The van der Waals surface area contributed by atoms with Gasteiger partial charge in [0.15, 0.2) is 11.3 Å². The second-order valence-electron chi connectivity index (χ2n) is 6.88. The van der Waals surface area contributed by atoms with Crippen molar-refractivity contribution in [1.82, 2.24) is 9.55 Å². The molecular formula is C20H16F4N4O2. The smallest absolute Gasteiger partial charge is 0.378 e. The minimum atomic E-state index is -4.79. The Hall–Kier alpha value is -3.45. The van der Waals surface area contributed by atoms with Crippen LogP contribution in [0.3, 0.4) is 0 Å². The number of imidazole rings is 1. The summed E-state index contributed by atoms with van der Waals surface area (Å²) in [5.74, 6) is -1.60. The average molecular weight is 420 g/mol. The van der Waals surface area contributed by atoms with Crippen molar-refractivity contribution < 1.29 is 27.5 Å². The second-order valence-corrected chi connectivity index (χ2v) is 6.88. The summed E-state index contributed by atoms with van der Waals surface area (Å²) >= 11 is 0. The molecule has 30 heavy (non-hydrogen) atoms. The summed E-state index contributed by atoms with van der Waals surface area (Å²) in [5, 5.41) is 13.0. The van der Waals surface area contributed by atoms with Crippen molar-refractivity contribution in [2.75, 3.05) is 5.32 Å². The largest absolute Gasteiger partial charge is 0.407 e. The van der Waals surface area contributed by atoms with Crippen LogP contribution in [0.5, 0.6) is 0 Å². The first-order chi connectivity index (χ1) is 14.0. The summed E-state index contributed by atoms with van der Waals surface area (Å²) in [4.78, 5) is 19.5. The van der Waals surface area contributed by atoms with Crippen LogP contribution in [-0.2, 0) is 11.0 Å². The number of nitrogens with zero attached hydrogens (tertiary/aromatic N) is 3. The average Bonchev–Trinajstić information content (AvgIpc) is 3.12. The van der Waals surface area contributed by atoms with Gasteiger partial charge in [-0.15, -0.1) is 0 Å². The van der Waals surface area contributed by atoms with Crippen LogP contribution >= 0.6 is 0 Å². The summed E-state index contributed by atoms with van der Waals surface area (Å²) in [6, 6.07) is 5.92. The Kier molecular flexibility index (Phi) is 5.26. The summed E-state index contributed by atoms with van der Waals surface area (Å²) in [6.45, 7) is 9.47. The molecule has 0 radical (unpaired) electrons. The molecule has 0 spiro atoms. The van der Waals surface area contributed by atoms with Gasteiger partial charge in [0.25, 0.3) is 5.91 Å². The zero-order valence-corrected chi connectivity index (χ0v) is 15.8. The molecule has 0 saturated carbocycles. The number of benzene rings is 2. The van der Waals surface area contributed by atoms with E-state index in [1.165, 1.54) is 30.0 Å². The van der Waals surface area contributed by atoms with Gasteiger partial charge in [0.05, 0.1) is 30.0 Å². The Morgan fingerprint density at radius 3 is 2.63 bits per heavy atom. The molecule has 2 aromatic carbocycles. The predicted molar refractivity (Wildman–Crippen MR) is 101 cm³/mol. The predicted octanol–water partition coefficient (Wildman–Crippen LogP) is 4.70. The molecule has 1 amide bonds. The molecule has 0 fully saturated rings. The quantitative estimate of drug-likeness (QED) is 0.475. The molecule has 0 aliphatic carbocycles. The lowest BCUT2D eigenvalue weighted by atomic mass is 9.96. The summed E-state index contributed by atoms with van der Waals surface area (Å²) < 4.78 is 54.9. The van der Waals surface area contributed by atoms with Gasteiger partial charge in [-0.25, -0.2) is 14.2 Å². The van der Waals surface area contributed by atoms with Gasteiger partial charge in [0.1, 0.15) is 11.3 Å². The number of aromatic nitrogens is 2. The number of carbonyl (C=O) groups is 1. The maximum Gasteiger partial charge on any atom is 0.407 e. The minimum Gasteiger partial charge on any atom is -0.378 e. The Balaban J connectivity index is 1.92. The molecule has 2 atom stereocenters. The first-order valence-electron chi connectivity index (χ1n) is 8.70. The van der Waals surface area contributed by atoms with Crippen molar-refractivity contribution in [3.63, 3.8) is 0 Å². The van der Waals surface area contributed by atoms with Gasteiger partial charge in [-0.1, -0.05) is 12.1 Å². The van der Waals surface area contributed by atoms with Crippen LogP contribution in [0.25, 0.3) is 15.9 Å². The van der Waals surface area contributed by atoms with Crippen molar-refractivity contribution in [3.8, 4) is 0 Å². The second kappa shape index (κ2) is 7.42. The van der Waals surface area contributed by atoms with Gasteiger partial charge >= 0.3 is 6.18 Å². The molecule has 0 bridgehead atoms. The maximum absolute atomic E-state index is 14.2. The maximum atomic E-state index is 14.2. The number of carbonyl (C=O) groups excluding carboxylic acids is 1. The molecule has 3 aromatic rings. The third-order valence-corrected chi connectivity index (χ3v) is 4.92. The number of fused-ring (bicyclic) bond motifs is 1. The van der Waals surface area contributed by atoms with E-state index >= 15 is 0 Å². The van der Waals surface area contributed by atoms with Gasteiger partial charge in [-0.05, 0) is 38.1 Å².